The molecule has 1 amide bonds. The summed E-state index contributed by atoms with van der Waals surface area (Å²) in [7, 11) is 3.77. The minimum absolute atomic E-state index is 0.0377. The van der Waals surface area contributed by atoms with Gasteiger partial charge in [-0.05, 0) is 24.8 Å². The van der Waals surface area contributed by atoms with Crippen molar-refractivity contribution in [2.24, 2.45) is 0 Å². The van der Waals surface area contributed by atoms with Gasteiger partial charge in [-0.3, -0.25) is 0 Å². The first-order valence-corrected chi connectivity index (χ1v) is 10.2. The summed E-state index contributed by atoms with van der Waals surface area (Å²) in [6.07, 6.45) is 6.90. The molecule has 1 aromatic carbocycles. The molecule has 2 aromatic rings. The Balaban J connectivity index is 1.47. The van der Waals surface area contributed by atoms with Gasteiger partial charge in [-0.25, -0.2) is 14.8 Å². The first kappa shape index (κ1) is 19.6. The molecule has 0 radical (unpaired) electrons. The Bertz CT molecular complexity index is 827. The van der Waals surface area contributed by atoms with Gasteiger partial charge in [0.2, 0.25) is 5.95 Å². The van der Waals surface area contributed by atoms with Crippen LogP contribution in [0.2, 0.25) is 0 Å². The van der Waals surface area contributed by atoms with E-state index in [0.717, 1.165) is 30.4 Å². The van der Waals surface area contributed by atoms with Gasteiger partial charge in [0.05, 0.1) is 5.60 Å². The minimum atomic E-state index is -1.02. The van der Waals surface area contributed by atoms with E-state index in [4.69, 9.17) is 4.74 Å². The molecule has 1 aromatic heterocycles. The van der Waals surface area contributed by atoms with Gasteiger partial charge in [0, 0.05) is 57.0 Å². The number of carbonyl (C=O) groups excluding carboxylic acids is 1. The van der Waals surface area contributed by atoms with Gasteiger partial charge in [0.1, 0.15) is 6.61 Å². The van der Waals surface area contributed by atoms with Gasteiger partial charge >= 0.3 is 6.09 Å². The maximum Gasteiger partial charge on any atom is 0.410 e. The molecule has 2 fully saturated rings. The summed E-state index contributed by atoms with van der Waals surface area (Å²) in [5.74, 6) is 0.611. The van der Waals surface area contributed by atoms with Gasteiger partial charge in [-0.2, -0.15) is 0 Å². The summed E-state index contributed by atoms with van der Waals surface area (Å²) >= 11 is 0. The molecule has 0 aliphatic carbocycles. The SMILES string of the molecule is CN(C)c1ncc(C2(O)CC3CCCC(C2)N3C(=O)OCc2ccccc2)cn1. The highest BCUT2D eigenvalue weighted by Gasteiger charge is 2.49. The van der Waals surface area contributed by atoms with Crippen molar-refractivity contribution in [2.45, 2.75) is 56.4 Å². The lowest BCUT2D eigenvalue weighted by atomic mass is 9.73. The minimum Gasteiger partial charge on any atom is -0.445 e. The summed E-state index contributed by atoms with van der Waals surface area (Å²) in [6.45, 7) is 0.264. The fourth-order valence-corrected chi connectivity index (χ4v) is 4.55. The standard InChI is InChI=1S/C22H28N4O3/c1-25(2)20-23-13-17(14-24-20)22(28)11-18-9-6-10-19(12-22)26(18)21(27)29-15-16-7-4-3-5-8-16/h3-5,7-8,13-14,18-19,28H,6,9-12,15H2,1-2H3. The highest BCUT2D eigenvalue weighted by atomic mass is 16.6. The summed E-state index contributed by atoms with van der Waals surface area (Å²) in [6, 6.07) is 9.62. The van der Waals surface area contributed by atoms with Crippen molar-refractivity contribution in [2.75, 3.05) is 19.0 Å². The fraction of sp³-hybridized carbons (Fsp3) is 0.500. The molecule has 3 heterocycles. The molecule has 4 rings (SSSR count). The number of aliphatic hydroxyl groups is 1. The van der Waals surface area contributed by atoms with E-state index in [1.165, 1.54) is 0 Å². The molecule has 29 heavy (non-hydrogen) atoms. The molecule has 2 atom stereocenters. The molecule has 7 heteroatoms. The quantitative estimate of drug-likeness (QED) is 0.856. The van der Waals surface area contributed by atoms with Crippen LogP contribution in [-0.4, -0.2) is 52.2 Å². The number of ether oxygens (including phenoxy) is 1. The predicted molar refractivity (Wildman–Crippen MR) is 109 cm³/mol. The average molecular weight is 396 g/mol. The third-order valence-electron chi connectivity index (χ3n) is 6.00. The Hall–Kier alpha value is -2.67. The van der Waals surface area contributed by atoms with Gasteiger partial charge in [0.15, 0.2) is 0 Å². The van der Waals surface area contributed by atoms with Crippen LogP contribution in [0.15, 0.2) is 42.7 Å². The summed E-state index contributed by atoms with van der Waals surface area (Å²) in [5.41, 5.74) is 0.673. The first-order chi connectivity index (χ1) is 14.0. The molecule has 2 aliphatic rings. The van der Waals surface area contributed by atoms with E-state index < -0.39 is 5.60 Å². The number of rotatable bonds is 4. The summed E-state index contributed by atoms with van der Waals surface area (Å²) in [4.78, 5) is 25.2. The number of nitrogens with zero attached hydrogens (tertiary/aromatic N) is 4. The molecule has 1 N–H and O–H groups in total. The van der Waals surface area contributed by atoms with Crippen molar-refractivity contribution in [1.29, 1.82) is 0 Å². The largest absolute Gasteiger partial charge is 0.445 e. The molecule has 2 aliphatic heterocycles. The number of anilines is 1. The zero-order valence-electron chi connectivity index (χ0n) is 17.0. The first-order valence-electron chi connectivity index (χ1n) is 10.2. The van der Waals surface area contributed by atoms with E-state index in [-0.39, 0.29) is 24.8 Å². The average Bonchev–Trinajstić information content (AvgIpc) is 2.72. The number of fused-ring (bicyclic) bond motifs is 2. The third-order valence-corrected chi connectivity index (χ3v) is 6.00. The van der Waals surface area contributed by atoms with Crippen molar-refractivity contribution < 1.29 is 14.6 Å². The topological polar surface area (TPSA) is 78.8 Å². The molecule has 0 spiro atoms. The second-order valence-corrected chi connectivity index (χ2v) is 8.29. The molecule has 2 unspecified atom stereocenters. The van der Waals surface area contributed by atoms with Crippen molar-refractivity contribution in [1.82, 2.24) is 14.9 Å². The van der Waals surface area contributed by atoms with Crippen LogP contribution in [0.25, 0.3) is 0 Å². The van der Waals surface area contributed by atoms with Gasteiger partial charge in [-0.15, -0.1) is 0 Å². The number of hydrogen-bond acceptors (Lipinski definition) is 6. The third kappa shape index (κ3) is 4.05. The summed E-state index contributed by atoms with van der Waals surface area (Å²) in [5, 5.41) is 11.4. The monoisotopic (exact) mass is 396 g/mol. The van der Waals surface area contributed by atoms with Gasteiger partial charge < -0.3 is 19.6 Å². The number of amides is 1. The lowest BCUT2D eigenvalue weighted by Gasteiger charge is -2.51. The van der Waals surface area contributed by atoms with Crippen LogP contribution in [-0.2, 0) is 16.9 Å². The second kappa shape index (κ2) is 7.99. The van der Waals surface area contributed by atoms with Gasteiger partial charge in [-0.1, -0.05) is 30.3 Å². The Morgan fingerprint density at radius 1 is 1.17 bits per heavy atom. The number of piperidine rings is 2. The van der Waals surface area contributed by atoms with Crippen LogP contribution in [0, 0.1) is 0 Å². The molecule has 2 bridgehead atoms. The van der Waals surface area contributed by atoms with Crippen molar-refractivity contribution in [3.8, 4) is 0 Å². The van der Waals surface area contributed by atoms with E-state index >= 15 is 0 Å². The van der Waals surface area contributed by atoms with Crippen LogP contribution < -0.4 is 4.90 Å². The van der Waals surface area contributed by atoms with Crippen LogP contribution in [0.1, 0.15) is 43.2 Å². The van der Waals surface area contributed by atoms with Crippen molar-refractivity contribution >= 4 is 12.0 Å². The molecule has 0 saturated carbocycles. The highest BCUT2D eigenvalue weighted by Crippen LogP contribution is 2.44. The van der Waals surface area contributed by atoms with E-state index in [1.54, 1.807) is 12.4 Å². The van der Waals surface area contributed by atoms with Crippen molar-refractivity contribution in [3.05, 3.63) is 53.9 Å². The van der Waals surface area contributed by atoms with Crippen LogP contribution >= 0.6 is 0 Å². The Labute approximate surface area is 171 Å². The van der Waals surface area contributed by atoms with E-state index in [0.29, 0.717) is 18.8 Å². The van der Waals surface area contributed by atoms with E-state index in [1.807, 2.05) is 54.2 Å². The van der Waals surface area contributed by atoms with Gasteiger partial charge in [0.25, 0.3) is 0 Å². The van der Waals surface area contributed by atoms with Crippen LogP contribution in [0.3, 0.4) is 0 Å². The normalized spacial score (nSPS) is 26.1. The lowest BCUT2D eigenvalue weighted by molar-refractivity contribution is -0.0899. The zero-order valence-corrected chi connectivity index (χ0v) is 17.0. The Morgan fingerprint density at radius 2 is 1.79 bits per heavy atom. The van der Waals surface area contributed by atoms with E-state index in [2.05, 4.69) is 9.97 Å². The fourth-order valence-electron chi connectivity index (χ4n) is 4.55. The number of carbonyl (C=O) groups is 1. The molecule has 2 saturated heterocycles. The molecule has 154 valence electrons. The Morgan fingerprint density at radius 3 is 2.38 bits per heavy atom. The molecule has 7 nitrogen and oxygen atoms in total. The maximum absolute atomic E-state index is 12.8. The zero-order chi connectivity index (χ0) is 20.4. The molecular weight excluding hydrogens is 368 g/mol. The Kier molecular flexibility index (Phi) is 5.41. The molecular formula is C22H28N4O3. The van der Waals surface area contributed by atoms with E-state index in [9.17, 15) is 9.90 Å². The number of benzene rings is 1. The van der Waals surface area contributed by atoms with Crippen molar-refractivity contribution in [3.63, 3.8) is 0 Å². The summed E-state index contributed by atoms with van der Waals surface area (Å²) < 4.78 is 5.60. The smallest absolute Gasteiger partial charge is 0.410 e. The maximum atomic E-state index is 12.8. The highest BCUT2D eigenvalue weighted by molar-refractivity contribution is 5.69. The number of hydrogen-bond donors (Lipinski definition) is 1. The second-order valence-electron chi connectivity index (χ2n) is 8.29. The van der Waals surface area contributed by atoms with Crippen LogP contribution in [0.5, 0.6) is 0 Å². The number of aromatic nitrogens is 2. The van der Waals surface area contributed by atoms with Crippen LogP contribution in [0.4, 0.5) is 10.7 Å². The predicted octanol–water partition coefficient (Wildman–Crippen LogP) is 3.08. The lowest BCUT2D eigenvalue weighted by Crippen LogP contribution is -2.59.